The molecule has 0 spiro atoms. The summed E-state index contributed by atoms with van der Waals surface area (Å²) in [7, 11) is -3.83. The lowest BCUT2D eigenvalue weighted by molar-refractivity contribution is 0.589. The van der Waals surface area contributed by atoms with Crippen LogP contribution in [0.1, 0.15) is 11.1 Å². The molecule has 4 aromatic rings. The number of benzene rings is 2. The minimum absolute atomic E-state index is 0.0905. The Bertz CT molecular complexity index is 1370. The van der Waals surface area contributed by atoms with Gasteiger partial charge in [0.2, 0.25) is 0 Å². The predicted molar refractivity (Wildman–Crippen MR) is 104 cm³/mol. The molecule has 0 aliphatic carbocycles. The van der Waals surface area contributed by atoms with Crippen molar-refractivity contribution in [1.29, 1.82) is 10.5 Å². The van der Waals surface area contributed by atoms with Crippen molar-refractivity contribution >= 4 is 20.9 Å². The van der Waals surface area contributed by atoms with Gasteiger partial charge in [0.25, 0.3) is 10.0 Å². The number of hydrogen-bond acceptors (Lipinski definition) is 5. The number of fused-ring (bicyclic) bond motifs is 1. The first-order chi connectivity index (χ1) is 13.5. The van der Waals surface area contributed by atoms with E-state index < -0.39 is 10.0 Å². The minimum Gasteiger partial charge on any atom is -0.262 e. The molecule has 134 valence electrons. The van der Waals surface area contributed by atoms with Gasteiger partial charge in [-0.25, -0.2) is 12.4 Å². The standard InChI is InChI=1S/C21H12N4O2S/c22-11-15-1-5-17(6-2-15)20-13-24-14-21-19(20)9-10-25(21)28(26,27)18-7-3-16(12-23)4-8-18/h1-10,13-14H. The molecule has 0 aliphatic heterocycles. The molecule has 28 heavy (non-hydrogen) atoms. The van der Waals surface area contributed by atoms with Crippen LogP contribution in [0.2, 0.25) is 0 Å². The third kappa shape index (κ3) is 2.81. The van der Waals surface area contributed by atoms with Gasteiger partial charge in [0.05, 0.1) is 39.9 Å². The Labute approximate surface area is 161 Å². The molecular weight excluding hydrogens is 372 g/mol. The summed E-state index contributed by atoms with van der Waals surface area (Å²) in [5.74, 6) is 0. The van der Waals surface area contributed by atoms with E-state index in [0.29, 0.717) is 16.6 Å². The highest BCUT2D eigenvalue weighted by molar-refractivity contribution is 7.90. The summed E-state index contributed by atoms with van der Waals surface area (Å²) in [6.45, 7) is 0. The van der Waals surface area contributed by atoms with Crippen molar-refractivity contribution in [1.82, 2.24) is 8.96 Å². The summed E-state index contributed by atoms with van der Waals surface area (Å²) in [5.41, 5.74) is 3.00. The average Bonchev–Trinajstić information content (AvgIpc) is 3.19. The normalized spacial score (nSPS) is 11.1. The van der Waals surface area contributed by atoms with Gasteiger partial charge in [-0.15, -0.1) is 0 Å². The van der Waals surface area contributed by atoms with Crippen LogP contribution in [-0.4, -0.2) is 17.4 Å². The van der Waals surface area contributed by atoms with Crippen molar-refractivity contribution in [2.75, 3.05) is 0 Å². The second-order valence-electron chi connectivity index (χ2n) is 6.06. The van der Waals surface area contributed by atoms with Gasteiger partial charge in [-0.3, -0.25) is 4.98 Å². The maximum Gasteiger partial charge on any atom is 0.268 e. The van der Waals surface area contributed by atoms with Crippen molar-refractivity contribution < 1.29 is 8.42 Å². The van der Waals surface area contributed by atoms with Gasteiger partial charge in [-0.2, -0.15) is 10.5 Å². The van der Waals surface area contributed by atoms with Crippen LogP contribution in [0.5, 0.6) is 0 Å². The van der Waals surface area contributed by atoms with Gasteiger partial charge in [-0.05, 0) is 48.0 Å². The summed E-state index contributed by atoms with van der Waals surface area (Å²) in [4.78, 5) is 4.30. The molecule has 0 radical (unpaired) electrons. The van der Waals surface area contributed by atoms with E-state index in [-0.39, 0.29) is 4.90 Å². The highest BCUT2D eigenvalue weighted by Crippen LogP contribution is 2.30. The summed E-state index contributed by atoms with van der Waals surface area (Å²) in [5, 5.41) is 18.6. The number of hydrogen-bond donors (Lipinski definition) is 0. The average molecular weight is 384 g/mol. The van der Waals surface area contributed by atoms with Crippen LogP contribution in [0.3, 0.4) is 0 Å². The lowest BCUT2D eigenvalue weighted by Crippen LogP contribution is -2.11. The second-order valence-corrected chi connectivity index (χ2v) is 7.88. The number of aromatic nitrogens is 2. The molecule has 0 N–H and O–H groups in total. The molecule has 0 amide bonds. The smallest absolute Gasteiger partial charge is 0.262 e. The van der Waals surface area contributed by atoms with Gasteiger partial charge in [-0.1, -0.05) is 12.1 Å². The van der Waals surface area contributed by atoms with Crippen LogP contribution >= 0.6 is 0 Å². The zero-order chi connectivity index (χ0) is 19.7. The van der Waals surface area contributed by atoms with Crippen LogP contribution in [0, 0.1) is 22.7 Å². The molecule has 0 bridgehead atoms. The zero-order valence-electron chi connectivity index (χ0n) is 14.4. The topological polar surface area (TPSA) is 99.5 Å². The van der Waals surface area contributed by atoms with Crippen molar-refractivity contribution in [3.63, 3.8) is 0 Å². The predicted octanol–water partition coefficient (Wildman–Crippen LogP) is 3.68. The molecule has 0 atom stereocenters. The number of rotatable bonds is 3. The van der Waals surface area contributed by atoms with Crippen LogP contribution in [0.15, 0.2) is 78.1 Å². The van der Waals surface area contributed by atoms with E-state index in [2.05, 4.69) is 11.1 Å². The first-order valence-electron chi connectivity index (χ1n) is 8.26. The Hall–Kier alpha value is -3.94. The number of nitriles is 2. The molecule has 6 nitrogen and oxygen atoms in total. The van der Waals surface area contributed by atoms with Gasteiger partial charge in [0, 0.05) is 23.3 Å². The molecule has 7 heteroatoms. The van der Waals surface area contributed by atoms with Crippen molar-refractivity contribution in [3.05, 3.63) is 84.3 Å². The zero-order valence-corrected chi connectivity index (χ0v) is 15.3. The molecule has 4 rings (SSSR count). The van der Waals surface area contributed by atoms with E-state index in [1.165, 1.54) is 40.6 Å². The first kappa shape index (κ1) is 17.5. The molecule has 0 aliphatic rings. The lowest BCUT2D eigenvalue weighted by atomic mass is 10.0. The quantitative estimate of drug-likeness (QED) is 0.536. The summed E-state index contributed by atoms with van der Waals surface area (Å²) < 4.78 is 27.3. The Balaban J connectivity index is 1.85. The molecule has 2 aromatic heterocycles. The molecule has 0 saturated carbocycles. The van der Waals surface area contributed by atoms with Crippen LogP contribution in [0.4, 0.5) is 0 Å². The van der Waals surface area contributed by atoms with Crippen molar-refractivity contribution in [3.8, 4) is 23.3 Å². The van der Waals surface area contributed by atoms with Crippen LogP contribution in [0.25, 0.3) is 22.0 Å². The molecule has 0 fully saturated rings. The fraction of sp³-hybridized carbons (Fsp3) is 0. The van der Waals surface area contributed by atoms with Gasteiger partial charge in [0.1, 0.15) is 0 Å². The monoisotopic (exact) mass is 384 g/mol. The fourth-order valence-electron chi connectivity index (χ4n) is 3.01. The molecule has 0 unspecified atom stereocenters. The largest absolute Gasteiger partial charge is 0.268 e. The number of nitrogens with zero attached hydrogens (tertiary/aromatic N) is 4. The maximum atomic E-state index is 13.1. The fourth-order valence-corrected chi connectivity index (χ4v) is 4.34. The van der Waals surface area contributed by atoms with Gasteiger partial charge < -0.3 is 0 Å². The molecule has 2 aromatic carbocycles. The van der Waals surface area contributed by atoms with E-state index in [0.717, 1.165) is 16.5 Å². The summed E-state index contributed by atoms with van der Waals surface area (Å²) in [6, 6.07) is 18.6. The molecule has 0 saturated heterocycles. The van der Waals surface area contributed by atoms with Crippen LogP contribution in [-0.2, 0) is 10.0 Å². The Morgan fingerprint density at radius 1 is 0.821 bits per heavy atom. The third-order valence-electron chi connectivity index (χ3n) is 4.45. The SMILES string of the molecule is N#Cc1ccc(-c2cncc3c2ccn3S(=O)(=O)c2ccc(C#N)cc2)cc1. The van der Waals surface area contributed by atoms with Crippen molar-refractivity contribution in [2.45, 2.75) is 4.90 Å². The lowest BCUT2D eigenvalue weighted by Gasteiger charge is -2.09. The van der Waals surface area contributed by atoms with E-state index in [9.17, 15) is 8.42 Å². The van der Waals surface area contributed by atoms with Gasteiger partial charge in [0.15, 0.2) is 0 Å². The van der Waals surface area contributed by atoms with Crippen molar-refractivity contribution in [2.24, 2.45) is 0 Å². The Kier molecular flexibility index (Phi) is 4.15. The highest BCUT2D eigenvalue weighted by Gasteiger charge is 2.20. The Morgan fingerprint density at radius 2 is 1.43 bits per heavy atom. The minimum atomic E-state index is -3.83. The Morgan fingerprint density at radius 3 is 2.04 bits per heavy atom. The third-order valence-corrected chi connectivity index (χ3v) is 6.15. The van der Waals surface area contributed by atoms with Gasteiger partial charge >= 0.3 is 0 Å². The maximum absolute atomic E-state index is 13.1. The van der Waals surface area contributed by atoms with Crippen LogP contribution < -0.4 is 0 Å². The molecular formula is C21H12N4O2S. The summed E-state index contributed by atoms with van der Waals surface area (Å²) >= 11 is 0. The van der Waals surface area contributed by atoms with E-state index in [1.54, 1.807) is 24.4 Å². The van der Waals surface area contributed by atoms with E-state index >= 15 is 0 Å². The first-order valence-corrected chi connectivity index (χ1v) is 9.70. The van der Waals surface area contributed by atoms with E-state index in [4.69, 9.17) is 10.5 Å². The highest BCUT2D eigenvalue weighted by atomic mass is 32.2. The van der Waals surface area contributed by atoms with E-state index in [1.807, 2.05) is 18.2 Å². The molecule has 2 heterocycles. The second kappa shape index (κ2) is 6.66. The number of pyridine rings is 1. The summed E-state index contributed by atoms with van der Waals surface area (Å²) in [6.07, 6.45) is 4.67.